The zero-order valence-corrected chi connectivity index (χ0v) is 16.0. The van der Waals surface area contributed by atoms with Gasteiger partial charge < -0.3 is 9.64 Å². The van der Waals surface area contributed by atoms with Crippen LogP contribution >= 0.6 is 0 Å². The highest BCUT2D eigenvalue weighted by Crippen LogP contribution is 2.20. The molecule has 1 aliphatic heterocycles. The summed E-state index contributed by atoms with van der Waals surface area (Å²) in [6.07, 6.45) is 1.72. The number of nitrogens with zero attached hydrogens (tertiary/aromatic N) is 4. The van der Waals surface area contributed by atoms with Crippen molar-refractivity contribution >= 4 is 5.91 Å². The molecule has 0 radical (unpaired) electrons. The second kappa shape index (κ2) is 9.12. The molecule has 2 aromatic heterocycles. The third kappa shape index (κ3) is 4.54. The predicted molar refractivity (Wildman–Crippen MR) is 103 cm³/mol. The summed E-state index contributed by atoms with van der Waals surface area (Å²) in [5.74, 6) is 0.0445. The second-order valence-corrected chi connectivity index (χ2v) is 6.04. The smallest absolute Gasteiger partial charge is 0.254 e. The van der Waals surface area contributed by atoms with Crippen LogP contribution in [0.1, 0.15) is 35.6 Å². The van der Waals surface area contributed by atoms with E-state index in [2.05, 4.69) is 10.1 Å². The van der Waals surface area contributed by atoms with Gasteiger partial charge in [-0.25, -0.2) is 4.39 Å². The molecule has 28 heavy (non-hydrogen) atoms. The SMILES string of the molecule is CC.O=C(c1ccc(F)cc1)N1CCn2nc(OCc3ccccn3)cc2C1. The first-order valence-electron chi connectivity index (χ1n) is 9.33. The van der Waals surface area contributed by atoms with E-state index in [-0.39, 0.29) is 11.7 Å². The molecule has 0 bridgehead atoms. The summed E-state index contributed by atoms with van der Waals surface area (Å²) in [5, 5.41) is 4.42. The van der Waals surface area contributed by atoms with Gasteiger partial charge in [-0.1, -0.05) is 19.9 Å². The van der Waals surface area contributed by atoms with Crippen molar-refractivity contribution in [2.75, 3.05) is 6.54 Å². The Bertz CT molecular complexity index is 910. The molecule has 0 N–H and O–H groups in total. The Morgan fingerprint density at radius 2 is 1.93 bits per heavy atom. The Kier molecular flexibility index (Phi) is 6.37. The van der Waals surface area contributed by atoms with E-state index in [4.69, 9.17) is 4.74 Å². The van der Waals surface area contributed by atoms with Crippen LogP contribution in [0.15, 0.2) is 54.7 Å². The largest absolute Gasteiger partial charge is 0.470 e. The average molecular weight is 382 g/mol. The number of hydrogen-bond donors (Lipinski definition) is 0. The highest BCUT2D eigenvalue weighted by Gasteiger charge is 2.23. The number of rotatable bonds is 4. The number of ether oxygens (including phenoxy) is 1. The van der Waals surface area contributed by atoms with Gasteiger partial charge in [0.2, 0.25) is 5.88 Å². The lowest BCUT2D eigenvalue weighted by Gasteiger charge is -2.27. The van der Waals surface area contributed by atoms with E-state index >= 15 is 0 Å². The fraction of sp³-hybridized carbons (Fsp3) is 0.286. The topological polar surface area (TPSA) is 60.2 Å². The minimum Gasteiger partial charge on any atom is -0.470 e. The lowest BCUT2D eigenvalue weighted by Crippen LogP contribution is -2.38. The Balaban J connectivity index is 0.00000109. The van der Waals surface area contributed by atoms with Crippen molar-refractivity contribution < 1.29 is 13.9 Å². The van der Waals surface area contributed by atoms with Gasteiger partial charge in [0.05, 0.1) is 24.5 Å². The Labute approximate surface area is 163 Å². The fourth-order valence-electron chi connectivity index (χ4n) is 2.89. The van der Waals surface area contributed by atoms with Crippen molar-refractivity contribution in [1.82, 2.24) is 19.7 Å². The van der Waals surface area contributed by atoms with Crippen molar-refractivity contribution in [2.45, 2.75) is 33.5 Å². The van der Waals surface area contributed by atoms with Crippen molar-refractivity contribution in [3.05, 3.63) is 77.5 Å². The summed E-state index contributed by atoms with van der Waals surface area (Å²) in [7, 11) is 0. The van der Waals surface area contributed by atoms with Crippen LogP contribution in [-0.2, 0) is 19.7 Å². The standard InChI is InChI=1S/C19H17FN4O2.C2H6/c20-15-6-4-14(5-7-15)19(25)23-9-10-24-17(12-23)11-18(22-24)26-13-16-3-1-2-8-21-16;1-2/h1-8,11H,9-10,12-13H2;1-2H3. The number of halogens is 1. The molecule has 4 rings (SSSR count). The highest BCUT2D eigenvalue weighted by atomic mass is 19.1. The van der Waals surface area contributed by atoms with E-state index < -0.39 is 0 Å². The fourth-order valence-corrected chi connectivity index (χ4v) is 2.89. The Hall–Kier alpha value is -3.22. The van der Waals surface area contributed by atoms with Crippen molar-refractivity contribution in [3.8, 4) is 5.88 Å². The minimum absolute atomic E-state index is 0.117. The van der Waals surface area contributed by atoms with Gasteiger partial charge in [0.15, 0.2) is 0 Å². The summed E-state index contributed by atoms with van der Waals surface area (Å²) in [6.45, 7) is 5.92. The van der Waals surface area contributed by atoms with Crippen LogP contribution in [-0.4, -0.2) is 32.1 Å². The van der Waals surface area contributed by atoms with Crippen LogP contribution in [0.4, 0.5) is 4.39 Å². The average Bonchev–Trinajstić information content (AvgIpc) is 3.17. The molecule has 0 saturated carbocycles. The third-order valence-electron chi connectivity index (χ3n) is 4.25. The van der Waals surface area contributed by atoms with Gasteiger partial charge in [-0.3, -0.25) is 14.5 Å². The molecule has 0 unspecified atom stereocenters. The molecule has 0 saturated heterocycles. The van der Waals surface area contributed by atoms with Crippen LogP contribution in [0, 0.1) is 5.82 Å². The third-order valence-corrected chi connectivity index (χ3v) is 4.25. The summed E-state index contributed by atoms with van der Waals surface area (Å²) in [4.78, 5) is 18.5. The van der Waals surface area contributed by atoms with Crippen molar-refractivity contribution in [1.29, 1.82) is 0 Å². The molecular weight excluding hydrogens is 359 g/mol. The first-order valence-corrected chi connectivity index (χ1v) is 9.33. The lowest BCUT2D eigenvalue weighted by atomic mass is 10.1. The molecular formula is C21H23FN4O2. The van der Waals surface area contributed by atoms with Crippen LogP contribution in [0.2, 0.25) is 0 Å². The summed E-state index contributed by atoms with van der Waals surface area (Å²) in [5.41, 5.74) is 2.21. The molecule has 3 heterocycles. The molecule has 1 amide bonds. The molecule has 0 atom stereocenters. The summed E-state index contributed by atoms with van der Waals surface area (Å²) < 4.78 is 20.6. The van der Waals surface area contributed by atoms with Gasteiger partial charge in [-0.2, -0.15) is 0 Å². The van der Waals surface area contributed by atoms with E-state index in [9.17, 15) is 9.18 Å². The molecule has 0 spiro atoms. The highest BCUT2D eigenvalue weighted by molar-refractivity contribution is 5.94. The molecule has 146 valence electrons. The first-order chi connectivity index (χ1) is 13.7. The maximum absolute atomic E-state index is 13.0. The molecule has 0 fully saturated rings. The van der Waals surface area contributed by atoms with Crippen LogP contribution < -0.4 is 4.74 Å². The number of fused-ring (bicyclic) bond motifs is 1. The number of aromatic nitrogens is 3. The summed E-state index contributed by atoms with van der Waals surface area (Å²) in [6, 6.07) is 13.1. The predicted octanol–water partition coefficient (Wildman–Crippen LogP) is 3.68. The minimum atomic E-state index is -0.354. The van der Waals surface area contributed by atoms with Gasteiger partial charge in [0, 0.05) is 24.4 Å². The van der Waals surface area contributed by atoms with Gasteiger partial charge in [0.25, 0.3) is 5.91 Å². The number of pyridine rings is 1. The molecule has 1 aliphatic rings. The van der Waals surface area contributed by atoms with E-state index in [0.29, 0.717) is 37.7 Å². The van der Waals surface area contributed by atoms with Crippen LogP contribution in [0.3, 0.4) is 0 Å². The van der Waals surface area contributed by atoms with Gasteiger partial charge in [-0.15, -0.1) is 5.10 Å². The maximum atomic E-state index is 13.0. The van der Waals surface area contributed by atoms with Gasteiger partial charge in [-0.05, 0) is 36.4 Å². The van der Waals surface area contributed by atoms with E-state index in [0.717, 1.165) is 11.4 Å². The quantitative estimate of drug-likeness (QED) is 0.691. The van der Waals surface area contributed by atoms with E-state index in [1.807, 2.05) is 42.8 Å². The van der Waals surface area contributed by atoms with Gasteiger partial charge in [0.1, 0.15) is 12.4 Å². The van der Waals surface area contributed by atoms with Crippen molar-refractivity contribution in [3.63, 3.8) is 0 Å². The van der Waals surface area contributed by atoms with E-state index in [1.165, 1.54) is 24.3 Å². The maximum Gasteiger partial charge on any atom is 0.254 e. The van der Waals surface area contributed by atoms with Crippen LogP contribution in [0.5, 0.6) is 5.88 Å². The molecule has 7 heteroatoms. The Morgan fingerprint density at radius 1 is 1.14 bits per heavy atom. The zero-order valence-electron chi connectivity index (χ0n) is 16.0. The molecule has 3 aromatic rings. The number of amides is 1. The molecule has 0 aliphatic carbocycles. The number of carbonyl (C=O) groups is 1. The van der Waals surface area contributed by atoms with Crippen molar-refractivity contribution in [2.24, 2.45) is 0 Å². The van der Waals surface area contributed by atoms with Crippen LogP contribution in [0.25, 0.3) is 0 Å². The van der Waals surface area contributed by atoms with Gasteiger partial charge >= 0.3 is 0 Å². The first kappa shape index (κ1) is 19.5. The number of hydrogen-bond acceptors (Lipinski definition) is 4. The van der Waals surface area contributed by atoms with E-state index in [1.54, 1.807) is 11.1 Å². The number of benzene rings is 1. The lowest BCUT2D eigenvalue weighted by molar-refractivity contribution is 0.0706. The molecule has 6 nitrogen and oxygen atoms in total. The number of carbonyl (C=O) groups excluding carboxylic acids is 1. The molecule has 1 aromatic carbocycles. The Morgan fingerprint density at radius 3 is 2.64 bits per heavy atom. The summed E-state index contributed by atoms with van der Waals surface area (Å²) >= 11 is 0. The second-order valence-electron chi connectivity index (χ2n) is 6.04. The zero-order chi connectivity index (χ0) is 19.9. The normalized spacial score (nSPS) is 12.6. The monoisotopic (exact) mass is 382 g/mol.